The lowest BCUT2D eigenvalue weighted by Crippen LogP contribution is -2.13. The first-order valence-corrected chi connectivity index (χ1v) is 13.1. The minimum Gasteiger partial charge on any atom is -0.103 e. The van der Waals surface area contributed by atoms with Crippen LogP contribution >= 0.6 is 7.26 Å². The lowest BCUT2D eigenvalue weighted by molar-refractivity contribution is 0.762. The van der Waals surface area contributed by atoms with Crippen molar-refractivity contribution in [1.82, 2.24) is 0 Å². The molecule has 0 saturated carbocycles. The molecule has 0 aliphatic heterocycles. The molecule has 0 unspecified atom stereocenters. The Kier molecular flexibility index (Phi) is 17.7. The first kappa shape index (κ1) is 24.4. The lowest BCUT2D eigenvalue weighted by Gasteiger charge is -2.28. The van der Waals surface area contributed by atoms with Crippen molar-refractivity contribution >= 4 is 7.26 Å². The first-order valence-electron chi connectivity index (χ1n) is 10.5. The normalized spacial score (nSPS) is 11.2. The summed E-state index contributed by atoms with van der Waals surface area (Å²) in [6, 6.07) is 0. The topological polar surface area (TPSA) is 0 Å². The Morgan fingerprint density at radius 2 is 0.640 bits per heavy atom. The highest BCUT2D eigenvalue weighted by Gasteiger charge is 2.34. The minimum absolute atomic E-state index is 0.794. The van der Waals surface area contributed by atoms with E-state index in [0.717, 1.165) is 0 Å². The van der Waals surface area contributed by atoms with Gasteiger partial charge in [0.05, 0.1) is 24.6 Å². The molecule has 0 aromatic carbocycles. The van der Waals surface area contributed by atoms with Gasteiger partial charge in [0, 0.05) is 7.26 Å². The van der Waals surface area contributed by atoms with E-state index in [2.05, 4.69) is 50.6 Å². The molecular formula is C24H44P+. The highest BCUT2D eigenvalue weighted by molar-refractivity contribution is 7.75. The van der Waals surface area contributed by atoms with E-state index in [1.165, 1.54) is 102 Å². The van der Waals surface area contributed by atoms with E-state index in [1.54, 1.807) is 0 Å². The molecule has 0 spiro atoms. The summed E-state index contributed by atoms with van der Waals surface area (Å²) >= 11 is 0. The molecule has 0 aliphatic carbocycles. The third kappa shape index (κ3) is 14.3. The summed E-state index contributed by atoms with van der Waals surface area (Å²) < 4.78 is 0. The highest BCUT2D eigenvalue weighted by atomic mass is 31.2. The monoisotopic (exact) mass is 363 g/mol. The molecule has 0 bridgehead atoms. The maximum atomic E-state index is 3.89. The second kappa shape index (κ2) is 18.2. The van der Waals surface area contributed by atoms with Crippen molar-refractivity contribution in [3.05, 3.63) is 50.6 Å². The van der Waals surface area contributed by atoms with E-state index in [0.29, 0.717) is 0 Å². The summed E-state index contributed by atoms with van der Waals surface area (Å²) in [5.41, 5.74) is 0. The molecule has 0 aromatic rings. The van der Waals surface area contributed by atoms with Gasteiger partial charge in [-0.3, -0.25) is 0 Å². The van der Waals surface area contributed by atoms with Gasteiger partial charge in [-0.2, -0.15) is 0 Å². The Hall–Kier alpha value is -0.610. The van der Waals surface area contributed by atoms with Crippen molar-refractivity contribution in [2.75, 3.05) is 24.6 Å². The Morgan fingerprint density at radius 1 is 0.400 bits per heavy atom. The second-order valence-corrected chi connectivity index (χ2v) is 11.8. The van der Waals surface area contributed by atoms with Crippen LogP contribution in [0.15, 0.2) is 50.6 Å². The lowest BCUT2D eigenvalue weighted by atomic mass is 10.2. The second-order valence-electron chi connectivity index (χ2n) is 7.37. The van der Waals surface area contributed by atoms with E-state index in [-0.39, 0.29) is 0 Å². The fraction of sp³-hybridized carbons (Fsp3) is 0.667. The minimum atomic E-state index is -0.794. The molecule has 0 fully saturated rings. The smallest absolute Gasteiger partial charge is 0.0594 e. The van der Waals surface area contributed by atoms with Crippen molar-refractivity contribution in [3.8, 4) is 0 Å². The Balaban J connectivity index is 4.71. The number of allylic oxidation sites excluding steroid dienone is 4. The first-order chi connectivity index (χ1) is 12.2. The van der Waals surface area contributed by atoms with Crippen LogP contribution in [0, 0.1) is 0 Å². The van der Waals surface area contributed by atoms with Crippen LogP contribution in [0.25, 0.3) is 0 Å². The summed E-state index contributed by atoms with van der Waals surface area (Å²) in [4.78, 5) is 0. The van der Waals surface area contributed by atoms with Gasteiger partial charge in [-0.1, -0.05) is 24.3 Å². The maximum absolute atomic E-state index is 3.89. The van der Waals surface area contributed by atoms with Gasteiger partial charge in [0.1, 0.15) is 0 Å². The van der Waals surface area contributed by atoms with Crippen molar-refractivity contribution in [2.24, 2.45) is 0 Å². The zero-order chi connectivity index (χ0) is 18.6. The number of unbranched alkanes of at least 4 members (excludes halogenated alkanes) is 8. The van der Waals surface area contributed by atoms with Crippen LogP contribution in [0.3, 0.4) is 0 Å². The summed E-state index contributed by atoms with van der Waals surface area (Å²) in [7, 11) is -0.794. The molecule has 0 saturated heterocycles. The van der Waals surface area contributed by atoms with E-state index >= 15 is 0 Å². The Bertz CT molecular complexity index is 272. The van der Waals surface area contributed by atoms with Crippen LogP contribution in [0.5, 0.6) is 0 Å². The average molecular weight is 364 g/mol. The molecule has 0 aliphatic rings. The van der Waals surface area contributed by atoms with Crippen molar-refractivity contribution in [3.63, 3.8) is 0 Å². The van der Waals surface area contributed by atoms with Crippen molar-refractivity contribution in [2.45, 2.75) is 77.0 Å². The quantitative estimate of drug-likeness (QED) is 0.116. The van der Waals surface area contributed by atoms with Gasteiger partial charge < -0.3 is 0 Å². The van der Waals surface area contributed by atoms with Gasteiger partial charge in [-0.15, -0.1) is 26.3 Å². The molecule has 25 heavy (non-hydrogen) atoms. The van der Waals surface area contributed by atoms with Crippen molar-refractivity contribution < 1.29 is 0 Å². The molecule has 0 amide bonds. The van der Waals surface area contributed by atoms with Crippen LogP contribution in [-0.4, -0.2) is 24.6 Å². The van der Waals surface area contributed by atoms with Gasteiger partial charge >= 0.3 is 0 Å². The third-order valence-corrected chi connectivity index (χ3v) is 10.2. The predicted molar refractivity (Wildman–Crippen MR) is 123 cm³/mol. The molecule has 0 rings (SSSR count). The largest absolute Gasteiger partial charge is 0.103 e. The zero-order valence-corrected chi connectivity index (χ0v) is 17.8. The summed E-state index contributed by atoms with van der Waals surface area (Å²) in [5, 5.41) is 0. The number of hydrogen-bond donors (Lipinski definition) is 0. The van der Waals surface area contributed by atoms with Gasteiger partial charge in [0.25, 0.3) is 0 Å². The number of hydrogen-bond acceptors (Lipinski definition) is 0. The van der Waals surface area contributed by atoms with E-state index in [4.69, 9.17) is 0 Å². The SMILES string of the molecule is C=CCCCC[P+](CCCCC=C)(CCCCC=C)CCCCC=C. The summed E-state index contributed by atoms with van der Waals surface area (Å²) in [5.74, 6) is 0. The Labute approximate surface area is 159 Å². The van der Waals surface area contributed by atoms with E-state index in [9.17, 15) is 0 Å². The molecule has 144 valence electrons. The molecular weight excluding hydrogens is 319 g/mol. The molecule has 1 heteroatoms. The van der Waals surface area contributed by atoms with Gasteiger partial charge in [-0.05, 0) is 77.0 Å². The average Bonchev–Trinajstić information content (AvgIpc) is 2.63. The van der Waals surface area contributed by atoms with Crippen LogP contribution in [-0.2, 0) is 0 Å². The van der Waals surface area contributed by atoms with Gasteiger partial charge in [0.15, 0.2) is 0 Å². The third-order valence-electron chi connectivity index (χ3n) is 5.16. The summed E-state index contributed by atoms with van der Waals surface area (Å²) in [6.07, 6.45) is 30.1. The Morgan fingerprint density at radius 3 is 0.840 bits per heavy atom. The fourth-order valence-electron chi connectivity index (χ4n) is 3.61. The maximum Gasteiger partial charge on any atom is 0.0594 e. The molecule has 0 heterocycles. The molecule has 0 atom stereocenters. The van der Waals surface area contributed by atoms with E-state index < -0.39 is 7.26 Å². The fourth-order valence-corrected chi connectivity index (χ4v) is 8.53. The van der Waals surface area contributed by atoms with Crippen LogP contribution in [0.2, 0.25) is 0 Å². The highest BCUT2D eigenvalue weighted by Crippen LogP contribution is 2.61. The predicted octanol–water partition coefficient (Wildman–Crippen LogP) is 8.43. The van der Waals surface area contributed by atoms with Gasteiger partial charge in [-0.25, -0.2) is 0 Å². The van der Waals surface area contributed by atoms with E-state index in [1.807, 2.05) is 0 Å². The van der Waals surface area contributed by atoms with Crippen molar-refractivity contribution in [1.29, 1.82) is 0 Å². The summed E-state index contributed by atoms with van der Waals surface area (Å²) in [6.45, 7) is 15.5. The molecule has 0 radical (unpaired) electrons. The number of rotatable bonds is 20. The molecule has 0 nitrogen and oxygen atoms in total. The van der Waals surface area contributed by atoms with Crippen LogP contribution in [0.4, 0.5) is 0 Å². The zero-order valence-electron chi connectivity index (χ0n) is 16.9. The van der Waals surface area contributed by atoms with Crippen LogP contribution in [0.1, 0.15) is 77.0 Å². The standard InChI is InChI=1S/C24H44P/c1-5-9-13-17-21-25(22-18-14-10-6-2,23-19-15-11-7-3)24-20-16-12-8-4/h5-8H,1-4,9-24H2/q+1. The van der Waals surface area contributed by atoms with Gasteiger partial charge in [0.2, 0.25) is 0 Å². The molecule has 0 N–H and O–H groups in total. The van der Waals surface area contributed by atoms with Crippen LogP contribution < -0.4 is 0 Å². The molecule has 0 aromatic heterocycles.